The molecule has 0 saturated heterocycles. The van der Waals surface area contributed by atoms with E-state index in [1.54, 1.807) is 0 Å². The second-order valence-electron chi connectivity index (χ2n) is 5.38. The van der Waals surface area contributed by atoms with Crippen LogP contribution in [0.3, 0.4) is 0 Å². The molecule has 0 saturated carbocycles. The Morgan fingerprint density at radius 2 is 2.17 bits per heavy atom. The predicted octanol–water partition coefficient (Wildman–Crippen LogP) is 2.42. The molecule has 4 nitrogen and oxygen atoms in total. The van der Waals surface area contributed by atoms with Crippen molar-refractivity contribution in [3.05, 3.63) is 29.7 Å². The molecule has 98 valence electrons. The SMILES string of the molecule is CNCC(C)(C)C(O)c1ccc2nc(C)oc2c1. The highest BCUT2D eigenvalue weighted by atomic mass is 16.3. The maximum absolute atomic E-state index is 10.4. The molecule has 2 N–H and O–H groups in total. The predicted molar refractivity (Wildman–Crippen MR) is 71.4 cm³/mol. The zero-order valence-electron chi connectivity index (χ0n) is 11.3. The third kappa shape index (κ3) is 2.40. The lowest BCUT2D eigenvalue weighted by Gasteiger charge is -2.30. The van der Waals surface area contributed by atoms with E-state index in [-0.39, 0.29) is 5.41 Å². The van der Waals surface area contributed by atoms with Crippen LogP contribution in [0, 0.1) is 12.3 Å². The van der Waals surface area contributed by atoms with Crippen molar-refractivity contribution in [1.29, 1.82) is 0 Å². The second kappa shape index (κ2) is 4.71. The summed E-state index contributed by atoms with van der Waals surface area (Å²) in [6.45, 7) is 6.62. The Bertz CT molecular complexity index is 546. The van der Waals surface area contributed by atoms with Crippen LogP contribution in [0.1, 0.15) is 31.4 Å². The van der Waals surface area contributed by atoms with Gasteiger partial charge in [-0.15, -0.1) is 0 Å². The number of nitrogens with zero attached hydrogens (tertiary/aromatic N) is 1. The molecule has 1 aromatic carbocycles. The first-order valence-electron chi connectivity index (χ1n) is 6.14. The highest BCUT2D eigenvalue weighted by Crippen LogP contribution is 2.33. The van der Waals surface area contributed by atoms with E-state index in [1.807, 2.05) is 46.0 Å². The van der Waals surface area contributed by atoms with Crippen molar-refractivity contribution in [2.24, 2.45) is 5.41 Å². The number of aliphatic hydroxyl groups is 1. The minimum atomic E-state index is -0.542. The van der Waals surface area contributed by atoms with Crippen LogP contribution in [0.2, 0.25) is 0 Å². The van der Waals surface area contributed by atoms with Crippen LogP contribution in [0.15, 0.2) is 22.6 Å². The first kappa shape index (κ1) is 13.1. The van der Waals surface area contributed by atoms with Gasteiger partial charge in [0.2, 0.25) is 0 Å². The monoisotopic (exact) mass is 248 g/mol. The summed E-state index contributed by atoms with van der Waals surface area (Å²) in [6.07, 6.45) is -0.542. The van der Waals surface area contributed by atoms with Crippen molar-refractivity contribution in [2.75, 3.05) is 13.6 Å². The van der Waals surface area contributed by atoms with E-state index >= 15 is 0 Å². The average Bonchev–Trinajstić information content (AvgIpc) is 2.66. The van der Waals surface area contributed by atoms with E-state index in [2.05, 4.69) is 10.3 Å². The zero-order chi connectivity index (χ0) is 13.3. The van der Waals surface area contributed by atoms with Crippen LogP contribution < -0.4 is 5.32 Å². The first-order valence-corrected chi connectivity index (χ1v) is 6.14. The largest absolute Gasteiger partial charge is 0.441 e. The Kier molecular flexibility index (Phi) is 3.41. The van der Waals surface area contributed by atoms with Crippen LogP contribution >= 0.6 is 0 Å². The van der Waals surface area contributed by atoms with Gasteiger partial charge in [0.15, 0.2) is 11.5 Å². The van der Waals surface area contributed by atoms with Crippen molar-refractivity contribution in [2.45, 2.75) is 26.9 Å². The van der Waals surface area contributed by atoms with Gasteiger partial charge in [0.1, 0.15) is 5.52 Å². The third-order valence-corrected chi connectivity index (χ3v) is 3.21. The molecular formula is C14H20N2O2. The van der Waals surface area contributed by atoms with Gasteiger partial charge < -0.3 is 14.8 Å². The van der Waals surface area contributed by atoms with Gasteiger partial charge in [-0.2, -0.15) is 0 Å². The lowest BCUT2D eigenvalue weighted by molar-refractivity contribution is 0.0506. The minimum Gasteiger partial charge on any atom is -0.441 e. The number of nitrogens with one attached hydrogen (secondary N) is 1. The fourth-order valence-electron chi connectivity index (χ4n) is 2.23. The van der Waals surface area contributed by atoms with E-state index in [0.717, 1.165) is 23.2 Å². The molecular weight excluding hydrogens is 228 g/mol. The van der Waals surface area contributed by atoms with E-state index in [4.69, 9.17) is 4.42 Å². The van der Waals surface area contributed by atoms with E-state index < -0.39 is 6.10 Å². The molecule has 0 spiro atoms. The molecule has 0 aliphatic heterocycles. The van der Waals surface area contributed by atoms with E-state index in [0.29, 0.717) is 5.89 Å². The Balaban J connectivity index is 2.35. The molecule has 1 heterocycles. The van der Waals surface area contributed by atoms with Gasteiger partial charge in [0, 0.05) is 18.9 Å². The molecule has 0 fully saturated rings. The van der Waals surface area contributed by atoms with Crippen LogP contribution in [0.4, 0.5) is 0 Å². The van der Waals surface area contributed by atoms with Crippen molar-refractivity contribution in [3.8, 4) is 0 Å². The third-order valence-electron chi connectivity index (χ3n) is 3.21. The minimum absolute atomic E-state index is 0.239. The molecule has 4 heteroatoms. The Morgan fingerprint density at radius 3 is 2.83 bits per heavy atom. The molecule has 0 aliphatic rings. The van der Waals surface area contributed by atoms with Gasteiger partial charge in [0.05, 0.1) is 6.10 Å². The summed E-state index contributed by atoms with van der Waals surface area (Å²) in [7, 11) is 1.89. The topological polar surface area (TPSA) is 58.3 Å². The van der Waals surface area contributed by atoms with Gasteiger partial charge in [-0.1, -0.05) is 19.9 Å². The lowest BCUT2D eigenvalue weighted by Crippen LogP contribution is -2.32. The van der Waals surface area contributed by atoms with Crippen molar-refractivity contribution in [3.63, 3.8) is 0 Å². The number of oxazole rings is 1. The molecule has 1 atom stereocenters. The standard InChI is InChI=1S/C14H20N2O2/c1-9-16-11-6-5-10(7-12(11)18-9)13(17)14(2,3)8-15-4/h5-7,13,15,17H,8H2,1-4H3. The van der Waals surface area contributed by atoms with Crippen LogP contribution in [-0.2, 0) is 0 Å². The van der Waals surface area contributed by atoms with Crippen LogP contribution in [-0.4, -0.2) is 23.7 Å². The molecule has 0 amide bonds. The Labute approximate surface area is 107 Å². The number of benzene rings is 1. The quantitative estimate of drug-likeness (QED) is 0.872. The Hall–Kier alpha value is -1.39. The number of fused-ring (bicyclic) bond motifs is 1. The summed E-state index contributed by atoms with van der Waals surface area (Å²) >= 11 is 0. The molecule has 18 heavy (non-hydrogen) atoms. The average molecular weight is 248 g/mol. The summed E-state index contributed by atoms with van der Waals surface area (Å²) < 4.78 is 5.49. The maximum Gasteiger partial charge on any atom is 0.192 e. The van der Waals surface area contributed by atoms with Crippen LogP contribution in [0.25, 0.3) is 11.1 Å². The Morgan fingerprint density at radius 1 is 1.44 bits per heavy atom. The molecule has 1 aromatic heterocycles. The number of hydrogen-bond acceptors (Lipinski definition) is 4. The summed E-state index contributed by atoms with van der Waals surface area (Å²) in [5.74, 6) is 0.645. The number of rotatable bonds is 4. The number of hydrogen-bond donors (Lipinski definition) is 2. The lowest BCUT2D eigenvalue weighted by atomic mass is 9.82. The van der Waals surface area contributed by atoms with Crippen LogP contribution in [0.5, 0.6) is 0 Å². The first-order chi connectivity index (χ1) is 8.44. The summed E-state index contributed by atoms with van der Waals surface area (Å²) in [5, 5.41) is 13.5. The molecule has 0 radical (unpaired) electrons. The van der Waals surface area contributed by atoms with Gasteiger partial charge >= 0.3 is 0 Å². The highest BCUT2D eigenvalue weighted by Gasteiger charge is 2.28. The van der Waals surface area contributed by atoms with Gasteiger partial charge in [0.25, 0.3) is 0 Å². The van der Waals surface area contributed by atoms with E-state index in [1.165, 1.54) is 0 Å². The van der Waals surface area contributed by atoms with Gasteiger partial charge in [-0.3, -0.25) is 0 Å². The van der Waals surface area contributed by atoms with Crippen molar-refractivity contribution >= 4 is 11.1 Å². The van der Waals surface area contributed by atoms with Crippen molar-refractivity contribution < 1.29 is 9.52 Å². The molecule has 0 bridgehead atoms. The normalized spacial score (nSPS) is 14.1. The fraction of sp³-hybridized carbons (Fsp3) is 0.500. The van der Waals surface area contributed by atoms with Gasteiger partial charge in [-0.25, -0.2) is 4.98 Å². The summed E-state index contributed by atoms with van der Waals surface area (Å²) in [6, 6.07) is 5.67. The van der Waals surface area contributed by atoms with Gasteiger partial charge in [-0.05, 0) is 24.7 Å². The molecule has 2 aromatic rings. The number of aliphatic hydroxyl groups excluding tert-OH is 1. The number of aromatic nitrogens is 1. The second-order valence-corrected chi connectivity index (χ2v) is 5.38. The van der Waals surface area contributed by atoms with E-state index in [9.17, 15) is 5.11 Å². The number of aryl methyl sites for hydroxylation is 1. The smallest absolute Gasteiger partial charge is 0.192 e. The fourth-order valence-corrected chi connectivity index (χ4v) is 2.23. The molecule has 0 aliphatic carbocycles. The summed E-state index contributed by atoms with van der Waals surface area (Å²) in [5.41, 5.74) is 2.18. The van der Waals surface area contributed by atoms with Crippen molar-refractivity contribution in [1.82, 2.24) is 10.3 Å². The zero-order valence-corrected chi connectivity index (χ0v) is 11.3. The maximum atomic E-state index is 10.4. The summed E-state index contributed by atoms with van der Waals surface area (Å²) in [4.78, 5) is 4.25. The molecule has 2 rings (SSSR count). The highest BCUT2D eigenvalue weighted by molar-refractivity contribution is 5.73. The molecule has 1 unspecified atom stereocenters.